The van der Waals surface area contributed by atoms with Crippen LogP contribution in [0.15, 0.2) is 36.0 Å². The highest BCUT2D eigenvalue weighted by Crippen LogP contribution is 2.28. The van der Waals surface area contributed by atoms with E-state index in [-0.39, 0.29) is 23.2 Å². The number of carbonyl (C=O) groups is 1. The molecule has 29 heavy (non-hydrogen) atoms. The number of piperazine rings is 1. The van der Waals surface area contributed by atoms with E-state index in [9.17, 15) is 14.9 Å². The summed E-state index contributed by atoms with van der Waals surface area (Å²) in [5.41, 5.74) is 0.119. The maximum Gasteiger partial charge on any atom is 0.289 e. The highest BCUT2D eigenvalue weighted by molar-refractivity contribution is 7.16. The van der Waals surface area contributed by atoms with Gasteiger partial charge in [-0.15, -0.1) is 11.3 Å². The molecule has 0 atom stereocenters. The predicted octanol–water partition coefficient (Wildman–Crippen LogP) is 3.01. The Balaban J connectivity index is 1.34. The second-order valence-corrected chi connectivity index (χ2v) is 7.87. The molecule has 0 spiro atoms. The fourth-order valence-corrected chi connectivity index (χ4v) is 4.19. The normalized spacial score (nSPS) is 14.9. The van der Waals surface area contributed by atoms with Crippen LogP contribution in [0.1, 0.15) is 0 Å². The van der Waals surface area contributed by atoms with E-state index >= 15 is 0 Å². The van der Waals surface area contributed by atoms with E-state index in [4.69, 9.17) is 11.6 Å². The summed E-state index contributed by atoms with van der Waals surface area (Å²) in [6, 6.07) is 6.24. The van der Waals surface area contributed by atoms with E-state index in [1.165, 1.54) is 12.1 Å². The number of halogens is 1. The van der Waals surface area contributed by atoms with Crippen LogP contribution in [-0.4, -0.2) is 58.4 Å². The van der Waals surface area contributed by atoms with Gasteiger partial charge >= 0.3 is 0 Å². The van der Waals surface area contributed by atoms with Crippen molar-refractivity contribution in [1.29, 1.82) is 0 Å². The number of amides is 1. The molecular weight excluding hydrogens is 416 g/mol. The molecule has 0 saturated carbocycles. The van der Waals surface area contributed by atoms with E-state index in [2.05, 4.69) is 20.2 Å². The molecule has 1 aliphatic heterocycles. The summed E-state index contributed by atoms with van der Waals surface area (Å²) in [7, 11) is 0. The van der Waals surface area contributed by atoms with Gasteiger partial charge in [0.25, 0.3) is 5.69 Å². The van der Waals surface area contributed by atoms with Crippen molar-refractivity contribution in [1.82, 2.24) is 14.9 Å². The highest BCUT2D eigenvalue weighted by atomic mass is 35.5. The number of nitro benzene ring substituents is 1. The third kappa shape index (κ3) is 4.29. The summed E-state index contributed by atoms with van der Waals surface area (Å²) in [5.74, 6) is 0.700. The SMILES string of the molecule is O=C(CN1CCN(c2ncnc3sccc23)CC1)Nc1ccc(Cl)c([N+](=O)[O-])c1. The molecule has 1 fully saturated rings. The third-order valence-corrected chi connectivity index (χ3v) is 5.85. The molecule has 11 heteroatoms. The minimum absolute atomic E-state index is 0.0357. The van der Waals surface area contributed by atoms with Crippen molar-refractivity contribution in [2.75, 3.05) is 42.9 Å². The van der Waals surface area contributed by atoms with Gasteiger partial charge in [0.05, 0.1) is 16.9 Å². The number of thiophene rings is 1. The van der Waals surface area contributed by atoms with Gasteiger partial charge in [-0.1, -0.05) is 11.6 Å². The maximum atomic E-state index is 12.3. The predicted molar refractivity (Wildman–Crippen MR) is 113 cm³/mol. The van der Waals surface area contributed by atoms with E-state index in [0.717, 1.165) is 29.1 Å². The van der Waals surface area contributed by atoms with Crippen molar-refractivity contribution in [2.45, 2.75) is 0 Å². The van der Waals surface area contributed by atoms with Gasteiger partial charge in [0.15, 0.2) is 0 Å². The number of anilines is 2. The molecule has 0 unspecified atom stereocenters. The standard InChI is InChI=1S/C18H17ClN6O3S/c19-14-2-1-12(9-15(14)25(27)28)22-16(26)10-23-4-6-24(7-5-23)17-13-3-8-29-18(13)21-11-20-17/h1-3,8-9,11H,4-7,10H2,(H,22,26). The van der Waals surface area contributed by atoms with E-state index in [1.54, 1.807) is 23.7 Å². The van der Waals surface area contributed by atoms with Crippen molar-refractivity contribution >= 4 is 56.3 Å². The lowest BCUT2D eigenvalue weighted by Gasteiger charge is -2.35. The van der Waals surface area contributed by atoms with Crippen LogP contribution in [0.5, 0.6) is 0 Å². The van der Waals surface area contributed by atoms with E-state index in [1.807, 2.05) is 16.3 Å². The average Bonchev–Trinajstić information content (AvgIpc) is 3.19. The van der Waals surface area contributed by atoms with Crippen LogP contribution in [0.2, 0.25) is 5.02 Å². The molecule has 150 valence electrons. The van der Waals surface area contributed by atoms with Crippen molar-refractivity contribution in [3.8, 4) is 0 Å². The van der Waals surface area contributed by atoms with Crippen LogP contribution >= 0.6 is 22.9 Å². The Kier molecular flexibility index (Phi) is 5.56. The van der Waals surface area contributed by atoms with Gasteiger partial charge in [0, 0.05) is 37.9 Å². The second kappa shape index (κ2) is 8.27. The van der Waals surface area contributed by atoms with Gasteiger partial charge in [-0.3, -0.25) is 19.8 Å². The summed E-state index contributed by atoms with van der Waals surface area (Å²) in [6.45, 7) is 3.14. The number of aromatic nitrogens is 2. The van der Waals surface area contributed by atoms with Crippen LogP contribution in [0.25, 0.3) is 10.2 Å². The Morgan fingerprint density at radius 1 is 1.24 bits per heavy atom. The van der Waals surface area contributed by atoms with Gasteiger partial charge in [0.2, 0.25) is 5.91 Å². The quantitative estimate of drug-likeness (QED) is 0.488. The molecule has 3 heterocycles. The van der Waals surface area contributed by atoms with Crippen LogP contribution in [0, 0.1) is 10.1 Å². The fraction of sp³-hybridized carbons (Fsp3) is 0.278. The molecule has 9 nitrogen and oxygen atoms in total. The van der Waals surface area contributed by atoms with E-state index < -0.39 is 4.92 Å². The van der Waals surface area contributed by atoms with Crippen LogP contribution in [0.3, 0.4) is 0 Å². The largest absolute Gasteiger partial charge is 0.353 e. The zero-order chi connectivity index (χ0) is 20.4. The Hall–Kier alpha value is -2.82. The lowest BCUT2D eigenvalue weighted by molar-refractivity contribution is -0.384. The molecule has 0 bridgehead atoms. The minimum Gasteiger partial charge on any atom is -0.353 e. The first kappa shape index (κ1) is 19.5. The molecule has 1 amide bonds. The van der Waals surface area contributed by atoms with Crippen LogP contribution in [0.4, 0.5) is 17.2 Å². The zero-order valence-corrected chi connectivity index (χ0v) is 16.8. The topological polar surface area (TPSA) is 104 Å². The fourth-order valence-electron chi connectivity index (χ4n) is 3.28. The van der Waals surface area contributed by atoms with Crippen molar-refractivity contribution in [2.24, 2.45) is 0 Å². The number of carbonyl (C=O) groups excluding carboxylic acids is 1. The monoisotopic (exact) mass is 432 g/mol. The van der Waals surface area contributed by atoms with Crippen molar-refractivity contribution in [3.05, 3.63) is 51.1 Å². The number of hydrogen-bond acceptors (Lipinski definition) is 8. The summed E-state index contributed by atoms with van der Waals surface area (Å²) in [4.78, 5) is 36.7. The lowest BCUT2D eigenvalue weighted by atomic mass is 10.2. The number of benzene rings is 1. The zero-order valence-electron chi connectivity index (χ0n) is 15.2. The number of fused-ring (bicyclic) bond motifs is 1. The van der Waals surface area contributed by atoms with Crippen molar-refractivity contribution in [3.63, 3.8) is 0 Å². The first-order chi connectivity index (χ1) is 14.0. The van der Waals surface area contributed by atoms with Gasteiger partial charge in [-0.25, -0.2) is 9.97 Å². The van der Waals surface area contributed by atoms with Gasteiger partial charge < -0.3 is 10.2 Å². The molecule has 1 aromatic carbocycles. The first-order valence-corrected chi connectivity index (χ1v) is 10.2. The molecule has 0 aliphatic carbocycles. The highest BCUT2D eigenvalue weighted by Gasteiger charge is 2.22. The van der Waals surface area contributed by atoms with Crippen LogP contribution in [-0.2, 0) is 4.79 Å². The van der Waals surface area contributed by atoms with Crippen LogP contribution < -0.4 is 10.2 Å². The Morgan fingerprint density at radius 3 is 2.79 bits per heavy atom. The Morgan fingerprint density at radius 2 is 2.03 bits per heavy atom. The third-order valence-electron chi connectivity index (χ3n) is 4.71. The summed E-state index contributed by atoms with van der Waals surface area (Å²) < 4.78 is 0. The molecule has 1 saturated heterocycles. The average molecular weight is 433 g/mol. The van der Waals surface area contributed by atoms with Crippen molar-refractivity contribution < 1.29 is 9.72 Å². The van der Waals surface area contributed by atoms with Gasteiger partial charge in [0.1, 0.15) is 22.0 Å². The molecule has 1 N–H and O–H groups in total. The Bertz CT molecular complexity index is 1070. The second-order valence-electron chi connectivity index (χ2n) is 6.57. The van der Waals surface area contributed by atoms with Gasteiger partial charge in [-0.05, 0) is 23.6 Å². The smallest absolute Gasteiger partial charge is 0.289 e. The minimum atomic E-state index is -0.575. The summed E-state index contributed by atoms with van der Waals surface area (Å²) in [5, 5.41) is 16.8. The number of nitrogens with zero attached hydrogens (tertiary/aromatic N) is 5. The number of nitro groups is 1. The summed E-state index contributed by atoms with van der Waals surface area (Å²) in [6.07, 6.45) is 1.58. The number of rotatable bonds is 5. The number of nitrogens with one attached hydrogen (secondary N) is 1. The molecular formula is C18H17ClN6O3S. The Labute approximate surface area is 175 Å². The molecule has 1 aliphatic rings. The molecule has 2 aromatic heterocycles. The lowest BCUT2D eigenvalue weighted by Crippen LogP contribution is -2.49. The summed E-state index contributed by atoms with van der Waals surface area (Å²) >= 11 is 7.39. The van der Waals surface area contributed by atoms with E-state index in [0.29, 0.717) is 18.8 Å². The molecule has 3 aromatic rings. The number of hydrogen-bond donors (Lipinski definition) is 1. The molecule has 4 rings (SSSR count). The maximum absolute atomic E-state index is 12.3. The molecule has 0 radical (unpaired) electrons. The van der Waals surface area contributed by atoms with Gasteiger partial charge in [-0.2, -0.15) is 0 Å². The first-order valence-electron chi connectivity index (χ1n) is 8.90.